The van der Waals surface area contributed by atoms with Crippen LogP contribution in [0.4, 0.5) is 0 Å². The van der Waals surface area contributed by atoms with E-state index in [0.29, 0.717) is 32.2 Å². The number of carbonyl (C=O) groups is 3. The normalized spacial score (nSPS) is 17.7. The maximum Gasteiger partial charge on any atom is 0.207 e. The number of Topliss-reactive ketones (excluding diaryl/α,β-unsaturated/α-hetero) is 2. The van der Waals surface area contributed by atoms with E-state index in [1.54, 1.807) is 0 Å². The molecule has 5 heteroatoms. The molecule has 2 N–H and O–H groups in total. The first kappa shape index (κ1) is 17.4. The molecule has 1 amide bonds. The number of unbranched alkanes of at least 4 members (excludes halogenated alkanes) is 3. The van der Waals surface area contributed by atoms with Crippen LogP contribution in [0.3, 0.4) is 0 Å². The van der Waals surface area contributed by atoms with Crippen LogP contribution in [0.2, 0.25) is 0 Å². The molecule has 0 heterocycles. The van der Waals surface area contributed by atoms with Crippen molar-refractivity contribution in [2.75, 3.05) is 6.54 Å². The Morgan fingerprint density at radius 2 is 1.71 bits per heavy atom. The maximum atomic E-state index is 12.0. The number of hydrogen-bond donors (Lipinski definition) is 2. The Kier molecular flexibility index (Phi) is 6.59. The van der Waals surface area contributed by atoms with E-state index in [9.17, 15) is 19.5 Å². The number of aliphatic hydroxyl groups excluding tert-OH is 1. The topological polar surface area (TPSA) is 83.5 Å². The summed E-state index contributed by atoms with van der Waals surface area (Å²) < 4.78 is 0. The van der Waals surface area contributed by atoms with Gasteiger partial charge in [0.2, 0.25) is 6.41 Å². The summed E-state index contributed by atoms with van der Waals surface area (Å²) in [6, 6.07) is 0. The molecular weight excluding hydrogens is 270 g/mol. The lowest BCUT2D eigenvalue weighted by Gasteiger charge is -2.28. The maximum absolute atomic E-state index is 12.0. The van der Waals surface area contributed by atoms with Gasteiger partial charge >= 0.3 is 0 Å². The van der Waals surface area contributed by atoms with Crippen molar-refractivity contribution in [2.45, 2.75) is 58.8 Å². The minimum Gasteiger partial charge on any atom is -0.511 e. The molecule has 0 saturated heterocycles. The van der Waals surface area contributed by atoms with Crippen LogP contribution < -0.4 is 5.32 Å². The van der Waals surface area contributed by atoms with E-state index in [2.05, 4.69) is 5.32 Å². The summed E-state index contributed by atoms with van der Waals surface area (Å²) in [5.74, 6) is -0.514. The molecule has 1 saturated carbocycles. The van der Waals surface area contributed by atoms with Gasteiger partial charge < -0.3 is 10.4 Å². The molecule has 0 aliphatic heterocycles. The van der Waals surface area contributed by atoms with Crippen molar-refractivity contribution in [3.8, 4) is 0 Å². The van der Waals surface area contributed by atoms with E-state index < -0.39 is 0 Å². The summed E-state index contributed by atoms with van der Waals surface area (Å²) >= 11 is 0. The molecule has 0 atom stereocenters. The van der Waals surface area contributed by atoms with E-state index >= 15 is 0 Å². The fraction of sp³-hybridized carbons (Fsp3) is 0.688. The Labute approximate surface area is 125 Å². The smallest absolute Gasteiger partial charge is 0.207 e. The first-order valence-electron chi connectivity index (χ1n) is 7.53. The third-order valence-electron chi connectivity index (χ3n) is 3.69. The minimum absolute atomic E-state index is 0.0250. The Morgan fingerprint density at radius 3 is 2.29 bits per heavy atom. The van der Waals surface area contributed by atoms with Crippen molar-refractivity contribution in [2.24, 2.45) is 5.41 Å². The van der Waals surface area contributed by atoms with Gasteiger partial charge in [0.15, 0.2) is 11.6 Å². The first-order chi connectivity index (χ1) is 9.87. The lowest BCUT2D eigenvalue weighted by molar-refractivity contribution is -0.127. The van der Waals surface area contributed by atoms with Crippen molar-refractivity contribution >= 4 is 18.0 Å². The molecule has 0 unspecified atom stereocenters. The van der Waals surface area contributed by atoms with Gasteiger partial charge in [0.25, 0.3) is 0 Å². The van der Waals surface area contributed by atoms with E-state index in [4.69, 9.17) is 0 Å². The van der Waals surface area contributed by atoms with Gasteiger partial charge in [0.1, 0.15) is 5.76 Å². The van der Waals surface area contributed by atoms with Crippen LogP contribution in [0, 0.1) is 5.41 Å². The largest absolute Gasteiger partial charge is 0.511 e. The molecule has 0 spiro atoms. The summed E-state index contributed by atoms with van der Waals surface area (Å²) in [6.45, 7) is 4.44. The van der Waals surface area contributed by atoms with E-state index in [1.165, 1.54) is 0 Å². The summed E-state index contributed by atoms with van der Waals surface area (Å²) in [7, 11) is 0. The van der Waals surface area contributed by atoms with Gasteiger partial charge in [-0.15, -0.1) is 0 Å². The number of carbonyl (C=O) groups excluding carboxylic acids is 3. The second kappa shape index (κ2) is 7.96. The molecule has 0 radical (unpaired) electrons. The third kappa shape index (κ3) is 5.69. The van der Waals surface area contributed by atoms with Gasteiger partial charge in [-0.3, -0.25) is 14.4 Å². The number of hydrogen-bond acceptors (Lipinski definition) is 4. The lowest BCUT2D eigenvalue weighted by atomic mass is 9.73. The summed E-state index contributed by atoms with van der Waals surface area (Å²) in [4.78, 5) is 34.0. The molecule has 1 aliphatic carbocycles. The van der Waals surface area contributed by atoms with E-state index in [0.717, 1.165) is 25.7 Å². The van der Waals surface area contributed by atoms with Crippen LogP contribution in [-0.2, 0) is 14.4 Å². The van der Waals surface area contributed by atoms with Gasteiger partial charge in [-0.1, -0.05) is 26.7 Å². The second-order valence-electron chi connectivity index (χ2n) is 6.42. The molecule has 0 aromatic rings. The van der Waals surface area contributed by atoms with Gasteiger partial charge in [-0.05, 0) is 18.3 Å². The quantitative estimate of drug-likeness (QED) is 0.237. The highest BCUT2D eigenvalue weighted by Crippen LogP contribution is 2.34. The fourth-order valence-electron chi connectivity index (χ4n) is 2.64. The van der Waals surface area contributed by atoms with Gasteiger partial charge in [0.05, 0.1) is 5.57 Å². The molecule has 1 rings (SSSR count). The first-order valence-corrected chi connectivity index (χ1v) is 7.53. The van der Waals surface area contributed by atoms with Crippen LogP contribution >= 0.6 is 0 Å². The number of nitrogens with one attached hydrogen (secondary N) is 1. The predicted octanol–water partition coefficient (Wildman–Crippen LogP) is 2.45. The Balaban J connectivity index is 2.42. The highest BCUT2D eigenvalue weighted by Gasteiger charge is 2.37. The lowest BCUT2D eigenvalue weighted by Crippen LogP contribution is -2.32. The molecule has 1 fully saturated rings. The minimum atomic E-state index is -0.302. The van der Waals surface area contributed by atoms with Crippen molar-refractivity contribution in [3.05, 3.63) is 11.3 Å². The number of allylic oxidation sites excluding steroid dienone is 2. The highest BCUT2D eigenvalue weighted by molar-refractivity contribution is 6.22. The predicted molar refractivity (Wildman–Crippen MR) is 79.8 cm³/mol. The van der Waals surface area contributed by atoms with Gasteiger partial charge in [-0.2, -0.15) is 0 Å². The van der Waals surface area contributed by atoms with Gasteiger partial charge in [-0.25, -0.2) is 0 Å². The van der Waals surface area contributed by atoms with E-state index in [1.807, 2.05) is 13.8 Å². The summed E-state index contributed by atoms with van der Waals surface area (Å²) in [6.07, 6.45) is 5.14. The standard InChI is InChI=1S/C16H25NO4/c1-16(2)9-13(20)15(14(21)10-16)12(19)7-5-3-4-6-8-17-11-18/h11,19H,3-10H2,1-2H3,(H,17,18). The van der Waals surface area contributed by atoms with Crippen LogP contribution in [0.1, 0.15) is 58.8 Å². The molecule has 1 aliphatic rings. The van der Waals surface area contributed by atoms with Crippen LogP contribution in [0.25, 0.3) is 0 Å². The van der Waals surface area contributed by atoms with Crippen molar-refractivity contribution in [1.82, 2.24) is 5.32 Å². The molecule has 0 bridgehead atoms. The number of rotatable bonds is 8. The molecule has 0 aromatic heterocycles. The number of aliphatic hydroxyl groups is 1. The second-order valence-corrected chi connectivity index (χ2v) is 6.42. The van der Waals surface area contributed by atoms with E-state index in [-0.39, 0.29) is 28.3 Å². The molecule has 21 heavy (non-hydrogen) atoms. The summed E-state index contributed by atoms with van der Waals surface area (Å²) in [5, 5.41) is 12.6. The molecule has 0 aromatic carbocycles. The van der Waals surface area contributed by atoms with Crippen LogP contribution in [0.5, 0.6) is 0 Å². The third-order valence-corrected chi connectivity index (χ3v) is 3.69. The van der Waals surface area contributed by atoms with Crippen LogP contribution in [0.15, 0.2) is 11.3 Å². The Bertz CT molecular complexity index is 416. The Hall–Kier alpha value is -1.65. The number of ketones is 2. The monoisotopic (exact) mass is 295 g/mol. The average molecular weight is 295 g/mol. The van der Waals surface area contributed by atoms with Crippen LogP contribution in [-0.4, -0.2) is 29.6 Å². The average Bonchev–Trinajstić information content (AvgIpc) is 2.35. The highest BCUT2D eigenvalue weighted by atomic mass is 16.3. The Morgan fingerprint density at radius 1 is 1.14 bits per heavy atom. The molecule has 118 valence electrons. The zero-order valence-corrected chi connectivity index (χ0v) is 12.9. The fourth-order valence-corrected chi connectivity index (χ4v) is 2.64. The zero-order valence-electron chi connectivity index (χ0n) is 12.9. The van der Waals surface area contributed by atoms with Gasteiger partial charge in [0, 0.05) is 25.8 Å². The summed E-state index contributed by atoms with van der Waals surface area (Å²) in [5.41, 5.74) is -0.277. The molecule has 5 nitrogen and oxygen atoms in total. The SMILES string of the molecule is CC1(C)CC(=O)C(=C(O)CCCCCCNC=O)C(=O)C1. The van der Waals surface area contributed by atoms with Crippen molar-refractivity contribution in [3.63, 3.8) is 0 Å². The van der Waals surface area contributed by atoms with Crippen molar-refractivity contribution in [1.29, 1.82) is 0 Å². The van der Waals surface area contributed by atoms with Crippen molar-refractivity contribution < 1.29 is 19.5 Å². The number of amides is 1. The molecular formula is C16H25NO4. The zero-order chi connectivity index (χ0) is 15.9.